The summed E-state index contributed by atoms with van der Waals surface area (Å²) in [6.07, 6.45) is 3.53. The number of aryl methyl sites for hydroxylation is 2. The highest BCUT2D eigenvalue weighted by Gasteiger charge is 2.24. The molecule has 0 spiro atoms. The van der Waals surface area contributed by atoms with Crippen LogP contribution < -0.4 is 10.7 Å². The summed E-state index contributed by atoms with van der Waals surface area (Å²) in [7, 11) is 0. The number of benzene rings is 2. The molecule has 162 valence electrons. The number of likely N-dealkylation sites (tertiary alicyclic amines) is 1. The summed E-state index contributed by atoms with van der Waals surface area (Å²) in [4.78, 5) is 27.9. The maximum absolute atomic E-state index is 12.9. The molecule has 4 rings (SSSR count). The van der Waals surface area contributed by atoms with E-state index in [1.165, 1.54) is 12.5 Å². The van der Waals surface area contributed by atoms with Gasteiger partial charge >= 0.3 is 0 Å². The second kappa shape index (κ2) is 9.25. The summed E-state index contributed by atoms with van der Waals surface area (Å²) in [6, 6.07) is 12.8. The van der Waals surface area contributed by atoms with E-state index in [2.05, 4.69) is 10.2 Å². The second-order valence-corrected chi connectivity index (χ2v) is 8.74. The topological polar surface area (TPSA) is 62.6 Å². The highest BCUT2D eigenvalue weighted by Crippen LogP contribution is 2.26. The summed E-state index contributed by atoms with van der Waals surface area (Å²) in [5.41, 5.74) is 3.20. The molecule has 1 fully saturated rings. The van der Waals surface area contributed by atoms with Crippen LogP contribution in [0.3, 0.4) is 0 Å². The van der Waals surface area contributed by atoms with Gasteiger partial charge in [-0.05, 0) is 74.7 Å². The molecule has 1 atom stereocenters. The molecule has 5 nitrogen and oxygen atoms in total. The number of nitrogens with zero attached hydrogens (tertiary/aromatic N) is 1. The molecule has 0 saturated carbocycles. The lowest BCUT2D eigenvalue weighted by Gasteiger charge is -2.35. The molecule has 1 aliphatic rings. The molecule has 0 aliphatic carbocycles. The van der Waals surface area contributed by atoms with E-state index in [1.54, 1.807) is 6.07 Å². The van der Waals surface area contributed by atoms with E-state index < -0.39 is 0 Å². The van der Waals surface area contributed by atoms with Crippen molar-refractivity contribution in [2.24, 2.45) is 0 Å². The van der Waals surface area contributed by atoms with Gasteiger partial charge in [0.25, 0.3) is 5.91 Å². The van der Waals surface area contributed by atoms with Crippen molar-refractivity contribution in [2.75, 3.05) is 19.6 Å². The van der Waals surface area contributed by atoms with Gasteiger partial charge in [0.15, 0.2) is 11.2 Å². The molecule has 31 heavy (non-hydrogen) atoms. The van der Waals surface area contributed by atoms with E-state index in [4.69, 9.17) is 16.0 Å². The maximum atomic E-state index is 12.9. The summed E-state index contributed by atoms with van der Waals surface area (Å²) >= 11 is 6.07. The van der Waals surface area contributed by atoms with Crippen LogP contribution in [0.1, 0.15) is 52.5 Å². The van der Waals surface area contributed by atoms with Gasteiger partial charge in [-0.2, -0.15) is 0 Å². The molecule has 1 aromatic heterocycles. The average molecular weight is 439 g/mol. The Bertz CT molecular complexity index is 1150. The van der Waals surface area contributed by atoms with E-state index >= 15 is 0 Å². The summed E-state index contributed by atoms with van der Waals surface area (Å²) in [5, 5.41) is 4.18. The fourth-order valence-corrected chi connectivity index (χ4v) is 4.50. The van der Waals surface area contributed by atoms with E-state index in [-0.39, 0.29) is 23.1 Å². The van der Waals surface area contributed by atoms with Gasteiger partial charge in [-0.15, -0.1) is 0 Å². The third-order valence-electron chi connectivity index (χ3n) is 5.92. The standard InChI is InChI=1S/C25H27ClN2O3/c1-16-12-17(2)24-20(13-16)22(29)14-23(31-24)25(30)27-15-21(28-10-4-3-5-11-28)18-6-8-19(26)9-7-18/h6-9,12-14,21H,3-5,10-11,15H2,1-2H3,(H,27,30)/t21-/m0/s1. The second-order valence-electron chi connectivity index (χ2n) is 8.31. The molecule has 0 bridgehead atoms. The predicted molar refractivity (Wildman–Crippen MR) is 124 cm³/mol. The Morgan fingerprint density at radius 2 is 1.81 bits per heavy atom. The smallest absolute Gasteiger partial charge is 0.287 e. The Morgan fingerprint density at radius 1 is 1.10 bits per heavy atom. The highest BCUT2D eigenvalue weighted by molar-refractivity contribution is 6.30. The summed E-state index contributed by atoms with van der Waals surface area (Å²) in [5.74, 6) is -0.340. The van der Waals surface area contributed by atoms with Crippen molar-refractivity contribution in [1.82, 2.24) is 10.2 Å². The molecule has 0 unspecified atom stereocenters. The first-order valence-electron chi connectivity index (χ1n) is 10.8. The van der Waals surface area contributed by atoms with Crippen molar-refractivity contribution >= 4 is 28.5 Å². The van der Waals surface area contributed by atoms with Crippen molar-refractivity contribution in [3.05, 3.63) is 80.2 Å². The van der Waals surface area contributed by atoms with Gasteiger partial charge in [0.2, 0.25) is 0 Å². The Labute approximate surface area is 187 Å². The number of fused-ring (bicyclic) bond motifs is 1. The van der Waals surface area contributed by atoms with Crippen molar-refractivity contribution in [3.8, 4) is 0 Å². The Kier molecular flexibility index (Phi) is 6.44. The lowest BCUT2D eigenvalue weighted by Crippen LogP contribution is -2.40. The largest absolute Gasteiger partial charge is 0.450 e. The maximum Gasteiger partial charge on any atom is 0.287 e. The molecule has 1 amide bonds. The van der Waals surface area contributed by atoms with Crippen LogP contribution in [0.25, 0.3) is 11.0 Å². The number of rotatable bonds is 5. The minimum Gasteiger partial charge on any atom is -0.450 e. The molecule has 2 heterocycles. The van der Waals surface area contributed by atoms with Gasteiger partial charge in [0.05, 0.1) is 11.4 Å². The highest BCUT2D eigenvalue weighted by atomic mass is 35.5. The SMILES string of the molecule is Cc1cc(C)c2oc(C(=O)NC[C@@H](c3ccc(Cl)cc3)N3CCCCC3)cc(=O)c2c1. The van der Waals surface area contributed by atoms with Gasteiger partial charge in [0.1, 0.15) is 5.58 Å². The van der Waals surface area contributed by atoms with Crippen molar-refractivity contribution < 1.29 is 9.21 Å². The third kappa shape index (κ3) is 4.83. The van der Waals surface area contributed by atoms with Crippen molar-refractivity contribution in [1.29, 1.82) is 0 Å². The first-order chi connectivity index (χ1) is 14.9. The molecular weight excluding hydrogens is 412 g/mol. The van der Waals surface area contributed by atoms with Gasteiger partial charge in [0, 0.05) is 17.6 Å². The van der Waals surface area contributed by atoms with Gasteiger partial charge < -0.3 is 9.73 Å². The average Bonchev–Trinajstić information content (AvgIpc) is 2.76. The normalized spacial score (nSPS) is 15.7. The predicted octanol–water partition coefficient (Wildman–Crippen LogP) is 5.02. The van der Waals surface area contributed by atoms with Crippen LogP contribution in [-0.4, -0.2) is 30.4 Å². The number of carbonyl (C=O) groups is 1. The van der Waals surface area contributed by atoms with E-state index in [0.29, 0.717) is 22.5 Å². The van der Waals surface area contributed by atoms with E-state index in [1.807, 2.05) is 44.2 Å². The third-order valence-corrected chi connectivity index (χ3v) is 6.18. The van der Waals surface area contributed by atoms with Crippen molar-refractivity contribution in [3.63, 3.8) is 0 Å². The van der Waals surface area contributed by atoms with E-state index in [0.717, 1.165) is 42.6 Å². The van der Waals surface area contributed by atoms with Crippen LogP contribution in [0.5, 0.6) is 0 Å². The quantitative estimate of drug-likeness (QED) is 0.607. The molecule has 2 aromatic carbocycles. The number of amides is 1. The Hall–Kier alpha value is -2.63. The van der Waals surface area contributed by atoms with Crippen molar-refractivity contribution in [2.45, 2.75) is 39.2 Å². The molecular formula is C25H27ClN2O3. The summed E-state index contributed by atoms with van der Waals surface area (Å²) < 4.78 is 5.85. The lowest BCUT2D eigenvalue weighted by molar-refractivity contribution is 0.0897. The zero-order chi connectivity index (χ0) is 22.0. The van der Waals surface area contributed by atoms with Gasteiger partial charge in [-0.3, -0.25) is 14.5 Å². The fraction of sp³-hybridized carbons (Fsp3) is 0.360. The number of halogens is 1. The molecule has 3 aromatic rings. The number of piperidine rings is 1. The zero-order valence-corrected chi connectivity index (χ0v) is 18.7. The minimum absolute atomic E-state index is 0.0398. The Balaban J connectivity index is 1.57. The van der Waals surface area contributed by atoms with Crippen LogP contribution in [0, 0.1) is 13.8 Å². The number of carbonyl (C=O) groups excluding carboxylic acids is 1. The first kappa shape index (κ1) is 21.6. The molecule has 6 heteroatoms. The first-order valence-corrected chi connectivity index (χ1v) is 11.1. The van der Waals surface area contributed by atoms with Crippen LogP contribution in [-0.2, 0) is 0 Å². The lowest BCUT2D eigenvalue weighted by atomic mass is 10.0. The van der Waals surface area contributed by atoms with Crippen LogP contribution in [0.15, 0.2) is 51.7 Å². The van der Waals surface area contributed by atoms with Crippen LogP contribution in [0.4, 0.5) is 0 Å². The Morgan fingerprint density at radius 3 is 2.52 bits per heavy atom. The van der Waals surface area contributed by atoms with Crippen LogP contribution in [0.2, 0.25) is 5.02 Å². The van der Waals surface area contributed by atoms with Gasteiger partial charge in [-0.25, -0.2) is 0 Å². The molecule has 1 N–H and O–H groups in total. The van der Waals surface area contributed by atoms with Crippen LogP contribution >= 0.6 is 11.6 Å². The number of hydrogen-bond acceptors (Lipinski definition) is 4. The zero-order valence-electron chi connectivity index (χ0n) is 17.9. The molecule has 0 radical (unpaired) electrons. The van der Waals surface area contributed by atoms with E-state index in [9.17, 15) is 9.59 Å². The molecule has 1 saturated heterocycles. The minimum atomic E-state index is -0.380. The monoisotopic (exact) mass is 438 g/mol. The number of nitrogens with one attached hydrogen (secondary N) is 1. The number of hydrogen-bond donors (Lipinski definition) is 1. The summed E-state index contributed by atoms with van der Waals surface area (Å²) in [6.45, 7) is 6.23. The molecule has 1 aliphatic heterocycles. The fourth-order valence-electron chi connectivity index (χ4n) is 4.37. The van der Waals surface area contributed by atoms with Gasteiger partial charge in [-0.1, -0.05) is 36.2 Å².